The van der Waals surface area contributed by atoms with Gasteiger partial charge in [0.1, 0.15) is 12.4 Å². The van der Waals surface area contributed by atoms with Gasteiger partial charge in [0.2, 0.25) is 0 Å². The molecule has 6 nitrogen and oxygen atoms in total. The number of carbonyl (C=O) groups is 1. The molecule has 146 valence electrons. The lowest BCUT2D eigenvalue weighted by atomic mass is 10.1. The number of rotatable bonds is 7. The summed E-state index contributed by atoms with van der Waals surface area (Å²) in [5, 5.41) is 10.5. The molecule has 1 aliphatic heterocycles. The summed E-state index contributed by atoms with van der Waals surface area (Å²) in [4.78, 5) is 20.0. The van der Waals surface area contributed by atoms with E-state index in [1.54, 1.807) is 29.5 Å². The SMILES string of the molecule is C[C@H]1CN(c2ncc(Br)s2)CCN1CCOc1cc(CC(=O)O)ccc1Cl. The van der Waals surface area contributed by atoms with Crippen molar-refractivity contribution in [2.45, 2.75) is 19.4 Å². The average Bonchev–Trinajstić information content (AvgIpc) is 3.05. The second-order valence-electron chi connectivity index (χ2n) is 6.46. The van der Waals surface area contributed by atoms with Crippen LogP contribution in [0.4, 0.5) is 5.13 Å². The molecule has 2 aromatic rings. The predicted molar refractivity (Wildman–Crippen MR) is 111 cm³/mol. The fourth-order valence-electron chi connectivity index (χ4n) is 3.11. The van der Waals surface area contributed by atoms with E-state index < -0.39 is 5.97 Å². The maximum absolute atomic E-state index is 10.9. The maximum atomic E-state index is 10.9. The van der Waals surface area contributed by atoms with E-state index in [-0.39, 0.29) is 6.42 Å². The van der Waals surface area contributed by atoms with E-state index in [1.165, 1.54) is 0 Å². The third-order valence-electron chi connectivity index (χ3n) is 4.49. The van der Waals surface area contributed by atoms with Crippen LogP contribution in [0.5, 0.6) is 5.75 Å². The van der Waals surface area contributed by atoms with Crippen LogP contribution < -0.4 is 9.64 Å². The van der Waals surface area contributed by atoms with Gasteiger partial charge >= 0.3 is 5.97 Å². The molecule has 1 saturated heterocycles. The summed E-state index contributed by atoms with van der Waals surface area (Å²) >= 11 is 11.3. The molecule has 0 radical (unpaired) electrons. The zero-order chi connectivity index (χ0) is 19.4. The van der Waals surface area contributed by atoms with Gasteiger partial charge in [0.05, 0.1) is 21.4 Å². The summed E-state index contributed by atoms with van der Waals surface area (Å²) in [6, 6.07) is 5.49. The third-order valence-corrected chi connectivity index (χ3v) is 6.34. The van der Waals surface area contributed by atoms with Crippen LogP contribution in [0, 0.1) is 0 Å². The maximum Gasteiger partial charge on any atom is 0.307 e. The highest BCUT2D eigenvalue weighted by atomic mass is 79.9. The Labute approximate surface area is 175 Å². The molecule has 1 fully saturated rings. The van der Waals surface area contributed by atoms with Crippen molar-refractivity contribution in [1.29, 1.82) is 0 Å². The van der Waals surface area contributed by atoms with E-state index >= 15 is 0 Å². The van der Waals surface area contributed by atoms with Crippen molar-refractivity contribution in [1.82, 2.24) is 9.88 Å². The van der Waals surface area contributed by atoms with E-state index in [9.17, 15) is 4.79 Å². The summed E-state index contributed by atoms with van der Waals surface area (Å²) in [6.45, 7) is 6.29. The van der Waals surface area contributed by atoms with Crippen molar-refractivity contribution < 1.29 is 14.6 Å². The van der Waals surface area contributed by atoms with Crippen LogP contribution in [0.1, 0.15) is 12.5 Å². The van der Waals surface area contributed by atoms with Gasteiger partial charge in [0.15, 0.2) is 5.13 Å². The second-order valence-corrected chi connectivity index (χ2v) is 9.26. The lowest BCUT2D eigenvalue weighted by molar-refractivity contribution is -0.136. The minimum Gasteiger partial charge on any atom is -0.491 e. The van der Waals surface area contributed by atoms with Crippen LogP contribution in [0.15, 0.2) is 28.2 Å². The first-order valence-electron chi connectivity index (χ1n) is 8.65. The minimum absolute atomic E-state index is 0.0423. The minimum atomic E-state index is -0.873. The van der Waals surface area contributed by atoms with Gasteiger partial charge in [0.25, 0.3) is 0 Å². The van der Waals surface area contributed by atoms with Gasteiger partial charge in [-0.05, 0) is 40.5 Å². The lowest BCUT2D eigenvalue weighted by Crippen LogP contribution is -2.52. The van der Waals surface area contributed by atoms with E-state index in [0.29, 0.717) is 29.0 Å². The molecule has 0 saturated carbocycles. The number of anilines is 1. The van der Waals surface area contributed by atoms with E-state index in [4.69, 9.17) is 21.4 Å². The quantitative estimate of drug-likeness (QED) is 0.659. The van der Waals surface area contributed by atoms with Crippen LogP contribution in [0.25, 0.3) is 0 Å². The van der Waals surface area contributed by atoms with E-state index in [1.807, 2.05) is 6.20 Å². The standard InChI is InChI=1S/C18H21BrClN3O3S/c1-12-11-23(18-21-10-16(19)27-18)5-4-22(12)6-7-26-15-8-13(9-17(24)25)2-3-14(15)20/h2-3,8,10,12H,4-7,9,11H2,1H3,(H,24,25)/t12-/m0/s1. The lowest BCUT2D eigenvalue weighted by Gasteiger charge is -2.39. The Morgan fingerprint density at radius 2 is 2.30 bits per heavy atom. The number of piperazine rings is 1. The number of benzene rings is 1. The molecule has 0 unspecified atom stereocenters. The number of carboxylic acids is 1. The number of nitrogens with zero attached hydrogens (tertiary/aromatic N) is 3. The summed E-state index contributed by atoms with van der Waals surface area (Å²) in [5.74, 6) is -0.337. The molecule has 0 spiro atoms. The molecule has 1 aromatic carbocycles. The molecule has 1 N–H and O–H groups in total. The predicted octanol–water partition coefficient (Wildman–Crippen LogP) is 3.78. The first-order valence-corrected chi connectivity index (χ1v) is 10.6. The molecule has 9 heteroatoms. The summed E-state index contributed by atoms with van der Waals surface area (Å²) in [6.07, 6.45) is 1.80. The van der Waals surface area contributed by atoms with Crippen molar-refractivity contribution >= 4 is 50.0 Å². The van der Waals surface area contributed by atoms with Gasteiger partial charge in [-0.15, -0.1) is 0 Å². The molecular weight excluding hydrogens is 454 g/mol. The number of thiazole rings is 1. The molecule has 0 aliphatic carbocycles. The number of aromatic nitrogens is 1. The summed E-state index contributed by atoms with van der Waals surface area (Å²) in [5.41, 5.74) is 0.679. The van der Waals surface area contributed by atoms with Crippen molar-refractivity contribution in [2.75, 3.05) is 37.7 Å². The highest BCUT2D eigenvalue weighted by molar-refractivity contribution is 9.11. The van der Waals surface area contributed by atoms with Crippen LogP contribution in [0.3, 0.4) is 0 Å². The second kappa shape index (κ2) is 9.23. The Hall–Kier alpha value is -1.35. The van der Waals surface area contributed by atoms with Gasteiger partial charge in [-0.3, -0.25) is 9.69 Å². The number of hydrogen-bond acceptors (Lipinski definition) is 6. The van der Waals surface area contributed by atoms with Gasteiger partial charge in [-0.2, -0.15) is 0 Å². The Morgan fingerprint density at radius 3 is 2.96 bits per heavy atom. The van der Waals surface area contributed by atoms with Gasteiger partial charge in [-0.25, -0.2) is 4.98 Å². The molecule has 27 heavy (non-hydrogen) atoms. The third kappa shape index (κ3) is 5.57. The first-order chi connectivity index (χ1) is 12.9. The van der Waals surface area contributed by atoms with Crippen molar-refractivity contribution in [2.24, 2.45) is 0 Å². The topological polar surface area (TPSA) is 65.9 Å². The van der Waals surface area contributed by atoms with Crippen molar-refractivity contribution in [3.63, 3.8) is 0 Å². The van der Waals surface area contributed by atoms with Crippen molar-refractivity contribution in [3.05, 3.63) is 38.8 Å². The van der Waals surface area contributed by atoms with Crippen LogP contribution >= 0.6 is 38.9 Å². The first kappa shape index (κ1) is 20.4. The molecule has 1 atom stereocenters. The Bertz CT molecular complexity index is 804. The molecule has 1 aliphatic rings. The fraction of sp³-hybridized carbons (Fsp3) is 0.444. The smallest absolute Gasteiger partial charge is 0.307 e. The number of halogens is 2. The Balaban J connectivity index is 1.50. The highest BCUT2D eigenvalue weighted by Gasteiger charge is 2.25. The average molecular weight is 475 g/mol. The summed E-state index contributed by atoms with van der Waals surface area (Å²) < 4.78 is 6.87. The van der Waals surface area contributed by atoms with Crippen LogP contribution in [-0.4, -0.2) is 59.8 Å². The van der Waals surface area contributed by atoms with Crippen molar-refractivity contribution in [3.8, 4) is 5.75 Å². The van der Waals surface area contributed by atoms with Crippen LogP contribution in [0.2, 0.25) is 5.02 Å². The monoisotopic (exact) mass is 473 g/mol. The van der Waals surface area contributed by atoms with Gasteiger partial charge in [0, 0.05) is 32.2 Å². The van der Waals surface area contributed by atoms with Gasteiger partial charge in [-0.1, -0.05) is 29.0 Å². The number of ether oxygens (including phenoxy) is 1. The molecule has 0 amide bonds. The largest absolute Gasteiger partial charge is 0.491 e. The number of aliphatic carboxylic acids is 1. The van der Waals surface area contributed by atoms with Gasteiger partial charge < -0.3 is 14.7 Å². The Morgan fingerprint density at radius 1 is 1.48 bits per heavy atom. The molecule has 3 rings (SSSR count). The number of carboxylic acid groups (broad SMARTS) is 1. The molecule has 0 bridgehead atoms. The van der Waals surface area contributed by atoms with E-state index in [0.717, 1.165) is 35.1 Å². The molecule has 2 heterocycles. The van der Waals surface area contributed by atoms with E-state index in [2.05, 4.69) is 37.6 Å². The number of hydrogen-bond donors (Lipinski definition) is 1. The molecular formula is C18H21BrClN3O3S. The Kier molecular flexibility index (Phi) is 6.97. The zero-order valence-corrected chi connectivity index (χ0v) is 18.1. The normalized spacial score (nSPS) is 17.9. The van der Waals surface area contributed by atoms with Crippen LogP contribution in [-0.2, 0) is 11.2 Å². The summed E-state index contributed by atoms with van der Waals surface area (Å²) in [7, 11) is 0. The molecule has 1 aromatic heterocycles. The zero-order valence-electron chi connectivity index (χ0n) is 14.9. The fourth-order valence-corrected chi connectivity index (χ4v) is 4.50. The highest BCUT2D eigenvalue weighted by Crippen LogP contribution is 2.29.